The standard InChI is InChI=1S/C12H11BrClN3OS/c1-2-3-9-11(19-17-16-9)12(18)15-10-6-7(14)4-5-8(10)13/h4-6H,2-3H2,1H3,(H,15,18). The van der Waals surface area contributed by atoms with Crippen LogP contribution in [0.1, 0.15) is 28.7 Å². The summed E-state index contributed by atoms with van der Waals surface area (Å²) in [5.74, 6) is -0.207. The van der Waals surface area contributed by atoms with Crippen molar-refractivity contribution in [2.45, 2.75) is 19.8 Å². The van der Waals surface area contributed by atoms with Gasteiger partial charge in [-0.05, 0) is 52.1 Å². The Balaban J connectivity index is 2.21. The van der Waals surface area contributed by atoms with Gasteiger partial charge in [0.25, 0.3) is 5.91 Å². The van der Waals surface area contributed by atoms with E-state index in [1.165, 1.54) is 0 Å². The molecule has 0 unspecified atom stereocenters. The van der Waals surface area contributed by atoms with E-state index in [1.807, 2.05) is 6.92 Å². The molecule has 2 aromatic rings. The summed E-state index contributed by atoms with van der Waals surface area (Å²) in [6.45, 7) is 2.04. The highest BCUT2D eigenvalue weighted by Crippen LogP contribution is 2.27. The second-order valence-corrected chi connectivity index (χ2v) is 5.92. The fourth-order valence-electron chi connectivity index (χ4n) is 1.55. The molecule has 1 N–H and O–H groups in total. The van der Waals surface area contributed by atoms with Crippen LogP contribution in [0.5, 0.6) is 0 Å². The van der Waals surface area contributed by atoms with Crippen molar-refractivity contribution < 1.29 is 4.79 Å². The molecule has 2 rings (SSSR count). The molecular weight excluding hydrogens is 350 g/mol. The van der Waals surface area contributed by atoms with Crippen molar-refractivity contribution in [1.82, 2.24) is 9.59 Å². The van der Waals surface area contributed by atoms with E-state index in [4.69, 9.17) is 11.6 Å². The molecule has 0 saturated heterocycles. The number of benzene rings is 1. The first-order chi connectivity index (χ1) is 9.11. The molecule has 7 heteroatoms. The van der Waals surface area contributed by atoms with Gasteiger partial charge in [-0.2, -0.15) is 0 Å². The smallest absolute Gasteiger partial charge is 0.269 e. The maximum Gasteiger partial charge on any atom is 0.269 e. The van der Waals surface area contributed by atoms with Gasteiger partial charge >= 0.3 is 0 Å². The Hall–Kier alpha value is -0.980. The summed E-state index contributed by atoms with van der Waals surface area (Å²) >= 11 is 10.4. The van der Waals surface area contributed by atoms with Crippen molar-refractivity contribution >= 4 is 50.7 Å². The number of rotatable bonds is 4. The molecule has 1 aromatic carbocycles. The third-order valence-electron chi connectivity index (χ3n) is 2.43. The van der Waals surface area contributed by atoms with Crippen LogP contribution in [-0.4, -0.2) is 15.5 Å². The number of hydrogen-bond donors (Lipinski definition) is 1. The highest BCUT2D eigenvalue weighted by molar-refractivity contribution is 9.10. The minimum Gasteiger partial charge on any atom is -0.320 e. The molecule has 0 fully saturated rings. The summed E-state index contributed by atoms with van der Waals surface area (Å²) < 4.78 is 4.61. The van der Waals surface area contributed by atoms with Gasteiger partial charge in [0, 0.05) is 9.50 Å². The average molecular weight is 361 g/mol. The number of carbonyl (C=O) groups excluding carboxylic acids is 1. The highest BCUT2D eigenvalue weighted by atomic mass is 79.9. The van der Waals surface area contributed by atoms with Crippen LogP contribution in [0.25, 0.3) is 0 Å². The number of nitrogens with zero attached hydrogens (tertiary/aromatic N) is 2. The summed E-state index contributed by atoms with van der Waals surface area (Å²) in [6, 6.07) is 5.23. The second-order valence-electron chi connectivity index (χ2n) is 3.88. The molecule has 4 nitrogen and oxygen atoms in total. The molecule has 0 atom stereocenters. The number of hydrogen-bond acceptors (Lipinski definition) is 4. The van der Waals surface area contributed by atoms with E-state index in [0.29, 0.717) is 15.6 Å². The van der Waals surface area contributed by atoms with Gasteiger partial charge in [-0.15, -0.1) is 5.10 Å². The maximum absolute atomic E-state index is 12.2. The lowest BCUT2D eigenvalue weighted by molar-refractivity contribution is 0.102. The maximum atomic E-state index is 12.2. The topological polar surface area (TPSA) is 54.9 Å². The molecule has 19 heavy (non-hydrogen) atoms. The van der Waals surface area contributed by atoms with Gasteiger partial charge in [-0.3, -0.25) is 4.79 Å². The third kappa shape index (κ3) is 3.52. The summed E-state index contributed by atoms with van der Waals surface area (Å²) in [5.41, 5.74) is 1.37. The quantitative estimate of drug-likeness (QED) is 0.890. The average Bonchev–Trinajstić information content (AvgIpc) is 2.82. The Kier molecular flexibility index (Phi) is 4.90. The fourth-order valence-corrected chi connectivity index (χ4v) is 2.67. The SMILES string of the molecule is CCCc1nnsc1C(=O)Nc1cc(Cl)ccc1Br. The molecule has 100 valence electrons. The molecule has 0 aliphatic carbocycles. The Morgan fingerprint density at radius 1 is 1.53 bits per heavy atom. The lowest BCUT2D eigenvalue weighted by Crippen LogP contribution is -2.13. The van der Waals surface area contributed by atoms with Crippen molar-refractivity contribution in [1.29, 1.82) is 0 Å². The number of halogens is 2. The molecule has 0 saturated carbocycles. The first kappa shape index (κ1) is 14.4. The van der Waals surface area contributed by atoms with Crippen LogP contribution in [0.2, 0.25) is 5.02 Å². The summed E-state index contributed by atoms with van der Waals surface area (Å²) in [5, 5.41) is 7.36. The Bertz CT molecular complexity index is 602. The number of aromatic nitrogens is 2. The van der Waals surface area contributed by atoms with Crippen LogP contribution in [0, 0.1) is 0 Å². The van der Waals surface area contributed by atoms with Crippen LogP contribution in [0.3, 0.4) is 0 Å². The highest BCUT2D eigenvalue weighted by Gasteiger charge is 2.16. The molecule has 1 amide bonds. The zero-order chi connectivity index (χ0) is 13.8. The van der Waals surface area contributed by atoms with Crippen LogP contribution in [0.4, 0.5) is 5.69 Å². The molecule has 1 heterocycles. The van der Waals surface area contributed by atoms with Gasteiger partial charge in [-0.1, -0.05) is 29.4 Å². The molecule has 0 spiro atoms. The molecule has 1 aromatic heterocycles. The molecule has 0 aliphatic rings. The van der Waals surface area contributed by atoms with Gasteiger partial charge in [-0.25, -0.2) is 0 Å². The lowest BCUT2D eigenvalue weighted by atomic mass is 10.2. The Morgan fingerprint density at radius 2 is 2.32 bits per heavy atom. The number of amides is 1. The molecular formula is C12H11BrClN3OS. The predicted molar refractivity (Wildman–Crippen MR) is 81.0 cm³/mol. The fraction of sp³-hybridized carbons (Fsp3) is 0.250. The van der Waals surface area contributed by atoms with Crippen LogP contribution < -0.4 is 5.32 Å². The van der Waals surface area contributed by atoms with Crippen molar-refractivity contribution in [2.75, 3.05) is 5.32 Å². The van der Waals surface area contributed by atoms with Gasteiger partial charge in [0.15, 0.2) is 0 Å². The first-order valence-corrected chi connectivity index (χ1v) is 7.64. The van der Waals surface area contributed by atoms with Crippen molar-refractivity contribution in [3.05, 3.63) is 38.3 Å². The number of anilines is 1. The molecule has 0 radical (unpaired) electrons. The molecule has 0 aliphatic heterocycles. The lowest BCUT2D eigenvalue weighted by Gasteiger charge is -2.07. The number of carbonyl (C=O) groups is 1. The minimum absolute atomic E-state index is 0.207. The zero-order valence-corrected chi connectivity index (χ0v) is 13.3. The van der Waals surface area contributed by atoms with Gasteiger partial charge in [0.1, 0.15) is 4.88 Å². The molecule has 0 bridgehead atoms. The number of aryl methyl sites for hydroxylation is 1. The van der Waals surface area contributed by atoms with Crippen molar-refractivity contribution in [3.8, 4) is 0 Å². The van der Waals surface area contributed by atoms with Crippen LogP contribution in [-0.2, 0) is 6.42 Å². The van der Waals surface area contributed by atoms with Gasteiger partial charge in [0.2, 0.25) is 0 Å². The van der Waals surface area contributed by atoms with Crippen LogP contribution >= 0.6 is 39.1 Å². The van der Waals surface area contributed by atoms with Gasteiger partial charge in [0.05, 0.1) is 11.4 Å². The Morgan fingerprint density at radius 3 is 3.05 bits per heavy atom. The predicted octanol–water partition coefficient (Wildman–Crippen LogP) is 4.16. The summed E-state index contributed by atoms with van der Waals surface area (Å²) in [7, 11) is 0. The van der Waals surface area contributed by atoms with E-state index in [0.717, 1.165) is 34.5 Å². The zero-order valence-electron chi connectivity index (χ0n) is 10.1. The second kappa shape index (κ2) is 6.45. The Labute approximate surface area is 128 Å². The van der Waals surface area contributed by atoms with E-state index < -0.39 is 0 Å². The van der Waals surface area contributed by atoms with Crippen LogP contribution in [0.15, 0.2) is 22.7 Å². The monoisotopic (exact) mass is 359 g/mol. The number of nitrogens with one attached hydrogen (secondary N) is 1. The normalized spacial score (nSPS) is 10.5. The van der Waals surface area contributed by atoms with Crippen molar-refractivity contribution in [2.24, 2.45) is 0 Å². The largest absolute Gasteiger partial charge is 0.320 e. The van der Waals surface area contributed by atoms with E-state index in [2.05, 4.69) is 30.8 Å². The van der Waals surface area contributed by atoms with E-state index in [1.54, 1.807) is 18.2 Å². The van der Waals surface area contributed by atoms with Gasteiger partial charge < -0.3 is 5.32 Å². The minimum atomic E-state index is -0.207. The summed E-state index contributed by atoms with van der Waals surface area (Å²) in [6.07, 6.45) is 1.67. The van der Waals surface area contributed by atoms with E-state index in [-0.39, 0.29) is 5.91 Å². The third-order valence-corrected chi connectivity index (χ3v) is 4.12. The summed E-state index contributed by atoms with van der Waals surface area (Å²) in [4.78, 5) is 12.7. The van der Waals surface area contributed by atoms with Crippen molar-refractivity contribution in [3.63, 3.8) is 0 Å². The first-order valence-electron chi connectivity index (χ1n) is 5.69. The van der Waals surface area contributed by atoms with E-state index in [9.17, 15) is 4.79 Å². The van der Waals surface area contributed by atoms with E-state index >= 15 is 0 Å².